The number of rotatable bonds is 6. The topological polar surface area (TPSA) is 101 Å². The van der Waals surface area contributed by atoms with Crippen molar-refractivity contribution < 1.29 is 24.0 Å². The van der Waals surface area contributed by atoms with E-state index in [4.69, 9.17) is 14.4 Å². The van der Waals surface area contributed by atoms with Gasteiger partial charge in [-0.05, 0) is 60.6 Å². The van der Waals surface area contributed by atoms with Crippen LogP contribution in [0.3, 0.4) is 0 Å². The van der Waals surface area contributed by atoms with Gasteiger partial charge in [-0.15, -0.1) is 0 Å². The quantitative estimate of drug-likeness (QED) is 0.258. The van der Waals surface area contributed by atoms with Gasteiger partial charge in [-0.3, -0.25) is 14.8 Å². The third-order valence-electron chi connectivity index (χ3n) is 3.79. The molecule has 3 N–H and O–H groups in total. The third-order valence-corrected chi connectivity index (χ3v) is 4.57. The van der Waals surface area contributed by atoms with Crippen LogP contribution < -0.4 is 15.5 Å². The van der Waals surface area contributed by atoms with Gasteiger partial charge >= 0.3 is 5.24 Å². The van der Waals surface area contributed by atoms with Gasteiger partial charge < -0.3 is 14.5 Å². The Morgan fingerprint density at radius 1 is 1.19 bits per heavy atom. The van der Waals surface area contributed by atoms with E-state index in [1.54, 1.807) is 35.8 Å². The Morgan fingerprint density at radius 3 is 2.67 bits per heavy atom. The van der Waals surface area contributed by atoms with Gasteiger partial charge in [0.15, 0.2) is 5.76 Å². The lowest BCUT2D eigenvalue weighted by molar-refractivity contribution is 0.0921. The first-order valence-electron chi connectivity index (χ1n) is 8.19. The highest BCUT2D eigenvalue weighted by Gasteiger charge is 2.12. The van der Waals surface area contributed by atoms with Crippen molar-refractivity contribution in [2.75, 3.05) is 13.2 Å². The molecule has 0 atom stereocenters. The van der Waals surface area contributed by atoms with Crippen molar-refractivity contribution in [3.63, 3.8) is 0 Å². The van der Waals surface area contributed by atoms with Crippen LogP contribution in [0.25, 0.3) is 11.0 Å². The molecule has 0 aliphatic carbocycles. The molecule has 0 radical (unpaired) electrons. The number of carbonyl (C=O) groups excluding carboxylic acids is 2. The molecule has 0 unspecified atom stereocenters. The first-order chi connectivity index (χ1) is 13.1. The van der Waals surface area contributed by atoms with Crippen LogP contribution in [-0.4, -0.2) is 29.5 Å². The van der Waals surface area contributed by atoms with Crippen LogP contribution in [0.2, 0.25) is 0 Å². The van der Waals surface area contributed by atoms with E-state index in [1.165, 1.54) is 0 Å². The maximum atomic E-state index is 12.2. The molecule has 0 aliphatic rings. The second-order valence-corrected chi connectivity index (χ2v) is 6.72. The minimum absolute atomic E-state index is 0.267. The summed E-state index contributed by atoms with van der Waals surface area (Å²) in [6.07, 6.45) is 0. The Kier molecular flexibility index (Phi) is 6.00. The Morgan fingerprint density at radius 2 is 1.96 bits per heavy atom. The SMILES string of the molecule is Cc1cccc2oc(C(=O)NCCOc3ccc(SC(=O)NO)cc3)cc12. The van der Waals surface area contributed by atoms with E-state index in [0.29, 0.717) is 22.8 Å². The molecule has 3 rings (SSSR count). The molecule has 0 bridgehead atoms. The molecule has 8 heteroatoms. The van der Waals surface area contributed by atoms with E-state index in [2.05, 4.69) is 5.32 Å². The highest BCUT2D eigenvalue weighted by atomic mass is 32.2. The number of hydrogen-bond donors (Lipinski definition) is 3. The smallest absolute Gasteiger partial charge is 0.307 e. The van der Waals surface area contributed by atoms with Gasteiger partial charge in [0, 0.05) is 10.3 Å². The van der Waals surface area contributed by atoms with Crippen molar-refractivity contribution in [1.29, 1.82) is 0 Å². The van der Waals surface area contributed by atoms with E-state index in [0.717, 1.165) is 22.7 Å². The molecule has 1 heterocycles. The largest absolute Gasteiger partial charge is 0.492 e. The molecule has 0 spiro atoms. The number of carbonyl (C=O) groups is 2. The summed E-state index contributed by atoms with van der Waals surface area (Å²) in [5, 5.41) is 11.6. The minimum atomic E-state index is -0.563. The summed E-state index contributed by atoms with van der Waals surface area (Å²) >= 11 is 0.862. The van der Waals surface area contributed by atoms with Crippen LogP contribution in [0.1, 0.15) is 16.1 Å². The fourth-order valence-electron chi connectivity index (χ4n) is 2.47. The number of thioether (sulfide) groups is 1. The third kappa shape index (κ3) is 4.81. The standard InChI is InChI=1S/C19H18N2O5S/c1-12-3-2-4-16-15(12)11-17(26-16)18(22)20-9-10-25-13-5-7-14(8-6-13)27-19(23)21-24/h2-8,11,24H,9-10H2,1H3,(H,20,22)(H,21,23). The zero-order valence-electron chi connectivity index (χ0n) is 14.5. The molecule has 3 aromatic rings. The monoisotopic (exact) mass is 386 g/mol. The number of amides is 2. The van der Waals surface area contributed by atoms with E-state index >= 15 is 0 Å². The summed E-state index contributed by atoms with van der Waals surface area (Å²) in [5.74, 6) is 0.580. The van der Waals surface area contributed by atoms with Crippen molar-refractivity contribution in [3.05, 3.63) is 59.9 Å². The number of hydrogen-bond acceptors (Lipinski definition) is 6. The zero-order valence-corrected chi connectivity index (χ0v) is 15.3. The number of benzene rings is 2. The molecule has 2 amide bonds. The summed E-state index contributed by atoms with van der Waals surface area (Å²) in [5.41, 5.74) is 3.29. The predicted octanol–water partition coefficient (Wildman–Crippen LogP) is 3.74. The molecule has 0 aliphatic heterocycles. The van der Waals surface area contributed by atoms with Crippen molar-refractivity contribution in [2.45, 2.75) is 11.8 Å². The second-order valence-electron chi connectivity index (χ2n) is 5.67. The van der Waals surface area contributed by atoms with Gasteiger partial charge in [-0.2, -0.15) is 0 Å². The maximum absolute atomic E-state index is 12.2. The maximum Gasteiger partial charge on any atom is 0.307 e. The number of nitrogens with one attached hydrogen (secondary N) is 2. The normalized spacial score (nSPS) is 10.6. The van der Waals surface area contributed by atoms with Crippen molar-refractivity contribution >= 4 is 33.9 Å². The number of fused-ring (bicyclic) bond motifs is 1. The van der Waals surface area contributed by atoms with Gasteiger partial charge in [-0.25, -0.2) is 5.48 Å². The van der Waals surface area contributed by atoms with Crippen LogP contribution in [0, 0.1) is 6.92 Å². The van der Waals surface area contributed by atoms with E-state index in [9.17, 15) is 9.59 Å². The fourth-order valence-corrected chi connectivity index (χ4v) is 3.00. The molecule has 7 nitrogen and oxygen atoms in total. The average Bonchev–Trinajstić information content (AvgIpc) is 3.12. The molecule has 0 fully saturated rings. The predicted molar refractivity (Wildman–Crippen MR) is 101 cm³/mol. The average molecular weight is 386 g/mol. The minimum Gasteiger partial charge on any atom is -0.492 e. The summed E-state index contributed by atoms with van der Waals surface area (Å²) in [4.78, 5) is 23.9. The fraction of sp³-hybridized carbons (Fsp3) is 0.158. The second kappa shape index (κ2) is 8.61. The Bertz CT molecular complexity index is 952. The zero-order chi connectivity index (χ0) is 19.2. The number of furan rings is 1. The van der Waals surface area contributed by atoms with Gasteiger partial charge in [0.05, 0.1) is 6.54 Å². The van der Waals surface area contributed by atoms with Gasteiger partial charge in [0.2, 0.25) is 0 Å². The van der Waals surface area contributed by atoms with Crippen LogP contribution in [0.15, 0.2) is 57.8 Å². The highest BCUT2D eigenvalue weighted by Crippen LogP contribution is 2.23. The molecule has 0 saturated heterocycles. The van der Waals surface area contributed by atoms with Crippen LogP contribution >= 0.6 is 11.8 Å². The summed E-state index contributed by atoms with van der Waals surface area (Å²) < 4.78 is 11.1. The Labute approximate surface area is 159 Å². The lowest BCUT2D eigenvalue weighted by atomic mass is 10.1. The lowest BCUT2D eigenvalue weighted by Gasteiger charge is -2.07. The highest BCUT2D eigenvalue weighted by molar-refractivity contribution is 8.13. The van der Waals surface area contributed by atoms with Crippen LogP contribution in [0.4, 0.5) is 4.79 Å². The Balaban J connectivity index is 1.47. The molecule has 27 heavy (non-hydrogen) atoms. The van der Waals surface area contributed by atoms with E-state index < -0.39 is 5.24 Å². The van der Waals surface area contributed by atoms with Gasteiger partial charge in [0.25, 0.3) is 5.91 Å². The van der Waals surface area contributed by atoms with Gasteiger partial charge in [-0.1, -0.05) is 12.1 Å². The van der Waals surface area contributed by atoms with Gasteiger partial charge in [0.1, 0.15) is 17.9 Å². The van der Waals surface area contributed by atoms with Crippen molar-refractivity contribution in [3.8, 4) is 5.75 Å². The van der Waals surface area contributed by atoms with E-state index in [1.807, 2.05) is 25.1 Å². The molecule has 2 aromatic carbocycles. The molecule has 1 aromatic heterocycles. The number of hydroxylamine groups is 1. The van der Waals surface area contributed by atoms with Crippen LogP contribution in [0.5, 0.6) is 5.75 Å². The lowest BCUT2D eigenvalue weighted by Crippen LogP contribution is -2.27. The molecule has 140 valence electrons. The Hall–Kier alpha value is -2.97. The van der Waals surface area contributed by atoms with Crippen molar-refractivity contribution in [1.82, 2.24) is 10.8 Å². The summed E-state index contributed by atoms with van der Waals surface area (Å²) in [6, 6.07) is 14.2. The summed E-state index contributed by atoms with van der Waals surface area (Å²) in [6.45, 7) is 2.57. The first kappa shape index (κ1) is 18.8. The number of aryl methyl sites for hydroxylation is 1. The first-order valence-corrected chi connectivity index (χ1v) is 9.00. The number of ether oxygens (including phenoxy) is 1. The molecular weight excluding hydrogens is 368 g/mol. The van der Waals surface area contributed by atoms with Crippen molar-refractivity contribution in [2.24, 2.45) is 0 Å². The summed E-state index contributed by atoms with van der Waals surface area (Å²) in [7, 11) is 0. The van der Waals surface area contributed by atoms with Crippen LogP contribution in [-0.2, 0) is 0 Å². The molecule has 0 saturated carbocycles. The molecular formula is C19H18N2O5S. The van der Waals surface area contributed by atoms with E-state index in [-0.39, 0.29) is 18.3 Å².